The lowest BCUT2D eigenvalue weighted by Crippen LogP contribution is -2.67. The van der Waals surface area contributed by atoms with Crippen molar-refractivity contribution in [2.45, 2.75) is 57.4 Å². The van der Waals surface area contributed by atoms with Crippen LogP contribution in [0.4, 0.5) is 0 Å². The third-order valence-corrected chi connectivity index (χ3v) is 6.14. The second-order valence-corrected chi connectivity index (χ2v) is 9.15. The summed E-state index contributed by atoms with van der Waals surface area (Å²) < 4.78 is 0. The molecule has 0 radical (unpaired) electrons. The zero-order valence-corrected chi connectivity index (χ0v) is 15.9. The van der Waals surface area contributed by atoms with E-state index in [-0.39, 0.29) is 23.5 Å². The number of nitrogens with one attached hydrogen (secondary N) is 1. The van der Waals surface area contributed by atoms with Crippen LogP contribution in [-0.2, 0) is 16.6 Å². The van der Waals surface area contributed by atoms with Crippen LogP contribution in [0.5, 0.6) is 5.75 Å². The monoisotopic (exact) mass is 352 g/mol. The Hall–Kier alpha value is -2.23. The van der Waals surface area contributed by atoms with Gasteiger partial charge in [-0.1, -0.05) is 32.9 Å². The standard InChI is InChI=1S/C22H28N2O2/c1-21(2,3)17-4-5-19(25)16(10-17)11-20(26)23-18-6-8-24(9-7-18)22-12-15(13-22)14-22/h4-8,10,15,25H,9,11-14H2,1-3H3,(H,23,26). The fourth-order valence-electron chi connectivity index (χ4n) is 4.30. The van der Waals surface area contributed by atoms with Crippen LogP contribution in [0.25, 0.3) is 0 Å². The van der Waals surface area contributed by atoms with Crippen molar-refractivity contribution in [1.29, 1.82) is 0 Å². The van der Waals surface area contributed by atoms with Crippen molar-refractivity contribution in [3.8, 4) is 5.75 Å². The highest BCUT2D eigenvalue weighted by Crippen LogP contribution is 2.60. The molecule has 5 rings (SSSR count). The minimum absolute atomic E-state index is 0.0154. The van der Waals surface area contributed by atoms with Gasteiger partial charge in [-0.2, -0.15) is 0 Å². The van der Waals surface area contributed by atoms with E-state index in [2.05, 4.69) is 43.3 Å². The molecule has 26 heavy (non-hydrogen) atoms. The molecule has 0 atom stereocenters. The van der Waals surface area contributed by atoms with Crippen LogP contribution in [0.15, 0.2) is 42.2 Å². The summed E-state index contributed by atoms with van der Waals surface area (Å²) in [7, 11) is 0. The Bertz CT molecular complexity index is 784. The Labute approximate surface area is 155 Å². The first kappa shape index (κ1) is 17.2. The zero-order valence-electron chi connectivity index (χ0n) is 15.9. The van der Waals surface area contributed by atoms with Crippen molar-refractivity contribution >= 4 is 5.91 Å². The molecule has 3 aliphatic carbocycles. The van der Waals surface area contributed by atoms with Crippen molar-refractivity contribution in [2.75, 3.05) is 6.54 Å². The molecule has 1 aromatic carbocycles. The fourth-order valence-corrected chi connectivity index (χ4v) is 4.30. The molecular formula is C22H28N2O2. The third-order valence-electron chi connectivity index (χ3n) is 6.14. The number of hydrogen-bond acceptors (Lipinski definition) is 3. The van der Waals surface area contributed by atoms with Crippen LogP contribution >= 0.6 is 0 Å². The smallest absolute Gasteiger partial charge is 0.228 e. The van der Waals surface area contributed by atoms with Gasteiger partial charge in [0.25, 0.3) is 0 Å². The third kappa shape index (κ3) is 3.02. The van der Waals surface area contributed by atoms with Crippen LogP contribution < -0.4 is 5.32 Å². The number of carbonyl (C=O) groups is 1. The second kappa shape index (κ2) is 5.90. The van der Waals surface area contributed by atoms with E-state index in [1.54, 1.807) is 6.07 Å². The van der Waals surface area contributed by atoms with Gasteiger partial charge in [0.15, 0.2) is 0 Å². The van der Waals surface area contributed by atoms with Crippen LogP contribution in [0.1, 0.15) is 51.2 Å². The number of hydrogen-bond donors (Lipinski definition) is 2. The maximum Gasteiger partial charge on any atom is 0.228 e. The van der Waals surface area contributed by atoms with Crippen molar-refractivity contribution in [3.05, 3.63) is 53.4 Å². The van der Waals surface area contributed by atoms with Crippen LogP contribution in [0, 0.1) is 5.92 Å². The fraction of sp³-hybridized carbons (Fsp3) is 0.500. The summed E-state index contributed by atoms with van der Waals surface area (Å²) in [4.78, 5) is 14.9. The van der Waals surface area contributed by atoms with E-state index >= 15 is 0 Å². The molecule has 0 saturated heterocycles. The highest BCUT2D eigenvalue weighted by Gasteiger charge is 2.59. The van der Waals surface area contributed by atoms with Gasteiger partial charge in [-0.3, -0.25) is 4.79 Å². The minimum Gasteiger partial charge on any atom is -0.508 e. The van der Waals surface area contributed by atoms with Crippen LogP contribution in [-0.4, -0.2) is 28.0 Å². The van der Waals surface area contributed by atoms with Gasteiger partial charge in [0, 0.05) is 29.5 Å². The molecule has 1 amide bonds. The van der Waals surface area contributed by atoms with Gasteiger partial charge in [-0.05, 0) is 54.4 Å². The number of nitrogens with zero attached hydrogens (tertiary/aromatic N) is 1. The minimum atomic E-state index is -0.0961. The summed E-state index contributed by atoms with van der Waals surface area (Å²) in [6.45, 7) is 7.24. The van der Waals surface area contributed by atoms with Crippen LogP contribution in [0.3, 0.4) is 0 Å². The lowest BCUT2D eigenvalue weighted by atomic mass is 9.49. The number of rotatable bonds is 4. The highest BCUT2D eigenvalue weighted by atomic mass is 16.3. The molecule has 2 bridgehead atoms. The molecule has 1 aliphatic heterocycles. The average Bonchev–Trinajstić information content (AvgIpc) is 2.47. The van der Waals surface area contributed by atoms with Crippen molar-refractivity contribution in [2.24, 2.45) is 5.92 Å². The van der Waals surface area contributed by atoms with E-state index in [1.807, 2.05) is 18.2 Å². The molecule has 3 saturated carbocycles. The number of aromatic hydroxyl groups is 1. The van der Waals surface area contributed by atoms with E-state index in [9.17, 15) is 9.90 Å². The zero-order chi connectivity index (χ0) is 18.5. The number of allylic oxidation sites excluding steroid dienone is 1. The molecule has 0 unspecified atom stereocenters. The number of phenols is 1. The Morgan fingerprint density at radius 1 is 1.31 bits per heavy atom. The Morgan fingerprint density at radius 2 is 2.04 bits per heavy atom. The lowest BCUT2D eigenvalue weighted by Gasteiger charge is -2.66. The molecule has 1 heterocycles. The first-order valence-electron chi connectivity index (χ1n) is 9.53. The molecule has 4 aliphatic rings. The Morgan fingerprint density at radius 3 is 2.58 bits per heavy atom. The first-order valence-corrected chi connectivity index (χ1v) is 9.53. The molecule has 138 valence electrons. The lowest BCUT2D eigenvalue weighted by molar-refractivity contribution is -0.120. The maximum absolute atomic E-state index is 12.4. The van der Waals surface area contributed by atoms with Gasteiger partial charge in [-0.15, -0.1) is 0 Å². The number of carbonyl (C=O) groups excluding carboxylic acids is 1. The summed E-state index contributed by atoms with van der Waals surface area (Å²) in [5.41, 5.74) is 3.05. The van der Waals surface area contributed by atoms with Gasteiger partial charge in [0.1, 0.15) is 5.75 Å². The van der Waals surface area contributed by atoms with Gasteiger partial charge < -0.3 is 15.3 Å². The molecule has 0 spiro atoms. The Kier molecular flexibility index (Phi) is 3.90. The maximum atomic E-state index is 12.4. The van der Waals surface area contributed by atoms with Gasteiger partial charge in [-0.25, -0.2) is 0 Å². The predicted molar refractivity (Wildman–Crippen MR) is 103 cm³/mol. The summed E-state index contributed by atoms with van der Waals surface area (Å²) in [6.07, 6.45) is 10.4. The van der Waals surface area contributed by atoms with Crippen molar-refractivity contribution in [3.63, 3.8) is 0 Å². The second-order valence-electron chi connectivity index (χ2n) is 9.15. The summed E-state index contributed by atoms with van der Waals surface area (Å²) >= 11 is 0. The number of benzene rings is 1. The quantitative estimate of drug-likeness (QED) is 0.870. The summed E-state index contributed by atoms with van der Waals surface area (Å²) in [5, 5.41) is 13.1. The molecule has 4 nitrogen and oxygen atoms in total. The topological polar surface area (TPSA) is 52.6 Å². The van der Waals surface area contributed by atoms with Crippen molar-refractivity contribution in [1.82, 2.24) is 10.2 Å². The van der Waals surface area contributed by atoms with Gasteiger partial charge in [0.05, 0.1) is 6.42 Å². The summed E-state index contributed by atoms with van der Waals surface area (Å²) in [5.74, 6) is 1.04. The van der Waals surface area contributed by atoms with Crippen LogP contribution in [0.2, 0.25) is 0 Å². The molecule has 1 aromatic rings. The molecule has 2 N–H and O–H groups in total. The average molecular weight is 352 g/mol. The molecule has 3 fully saturated rings. The first-order chi connectivity index (χ1) is 12.2. The SMILES string of the molecule is CC(C)(C)c1ccc(O)c(CC(=O)NC2=CCN(C34CC(C3)C4)C=C2)c1. The van der Waals surface area contributed by atoms with Gasteiger partial charge >= 0.3 is 0 Å². The summed E-state index contributed by atoms with van der Waals surface area (Å²) in [6, 6.07) is 5.54. The Balaban J connectivity index is 1.37. The van der Waals surface area contributed by atoms with E-state index < -0.39 is 0 Å². The number of phenolic OH excluding ortho intramolecular Hbond substituents is 1. The van der Waals surface area contributed by atoms with E-state index in [4.69, 9.17) is 0 Å². The molecule has 0 aromatic heterocycles. The van der Waals surface area contributed by atoms with Gasteiger partial charge in [0.2, 0.25) is 5.91 Å². The molecular weight excluding hydrogens is 324 g/mol. The predicted octanol–water partition coefficient (Wildman–Crippen LogP) is 3.61. The molecule has 4 heteroatoms. The van der Waals surface area contributed by atoms with Crippen molar-refractivity contribution < 1.29 is 9.90 Å². The van der Waals surface area contributed by atoms with E-state index in [1.165, 1.54) is 19.3 Å². The highest BCUT2D eigenvalue weighted by molar-refractivity contribution is 5.81. The number of amides is 1. The normalized spacial score (nSPS) is 26.7. The van der Waals surface area contributed by atoms with E-state index in [0.29, 0.717) is 11.1 Å². The van der Waals surface area contributed by atoms with E-state index in [0.717, 1.165) is 23.7 Å². The largest absolute Gasteiger partial charge is 0.508 e.